The zero-order valence-corrected chi connectivity index (χ0v) is 14.4. The molecule has 1 aliphatic heterocycles. The molecule has 2 aromatic carbocycles. The highest BCUT2D eigenvalue weighted by atomic mass is 16.5. The molecule has 3 heteroatoms. The molecule has 0 atom stereocenters. The second kappa shape index (κ2) is 7.05. The van der Waals surface area contributed by atoms with Crippen molar-refractivity contribution in [2.75, 3.05) is 38.2 Å². The minimum atomic E-state index is 0.980. The number of hydrogen-bond donors (Lipinski definition) is 1. The highest BCUT2D eigenvalue weighted by Gasteiger charge is 2.21. The molecular weight excluding hydrogens is 284 g/mol. The minimum absolute atomic E-state index is 0.980. The Balaban J connectivity index is 1.59. The molecule has 3 rings (SSSR count). The van der Waals surface area contributed by atoms with E-state index in [1.165, 1.54) is 35.5 Å². The van der Waals surface area contributed by atoms with Crippen LogP contribution in [-0.2, 0) is 6.54 Å². The number of ether oxygens (including phenoxy) is 1. The summed E-state index contributed by atoms with van der Waals surface area (Å²) >= 11 is 0. The topological polar surface area (TPSA) is 16.9 Å². The largest absolute Gasteiger partial charge is 0.496 e. The average Bonchev–Trinajstić information content (AvgIpc) is 2.56. The molecule has 1 saturated heterocycles. The number of nitrogens with one attached hydrogen (secondary N) is 1. The van der Waals surface area contributed by atoms with Crippen molar-refractivity contribution in [3.63, 3.8) is 0 Å². The molecule has 1 aliphatic rings. The van der Waals surface area contributed by atoms with Gasteiger partial charge >= 0.3 is 0 Å². The number of benzene rings is 2. The van der Waals surface area contributed by atoms with Crippen LogP contribution in [0.5, 0.6) is 5.75 Å². The Labute approximate surface area is 139 Å². The third-order valence-electron chi connectivity index (χ3n) is 4.84. The van der Waals surface area contributed by atoms with Crippen LogP contribution in [-0.4, -0.2) is 33.3 Å². The normalized spacial score (nSPS) is 15.7. The molecule has 1 fully saturated rings. The van der Waals surface area contributed by atoms with E-state index in [2.05, 4.69) is 61.2 Å². The van der Waals surface area contributed by atoms with Crippen molar-refractivity contribution in [2.24, 2.45) is 0 Å². The molecule has 0 amide bonds. The molecule has 1 heterocycles. The predicted octanol–water partition coefficient (Wildman–Crippen LogP) is 2.22. The summed E-state index contributed by atoms with van der Waals surface area (Å²) < 4.78 is 5.35. The number of methoxy groups -OCH3 is 1. The van der Waals surface area contributed by atoms with E-state index < -0.39 is 0 Å². The lowest BCUT2D eigenvalue weighted by Gasteiger charge is -2.34. The molecule has 0 radical (unpaired) electrons. The summed E-state index contributed by atoms with van der Waals surface area (Å²) in [7, 11) is 1.73. The van der Waals surface area contributed by atoms with Crippen LogP contribution in [0.25, 0.3) is 0 Å². The molecule has 1 N–H and O–H groups in total. The predicted molar refractivity (Wildman–Crippen MR) is 95.5 cm³/mol. The Bertz CT molecular complexity index is 660. The number of aryl methyl sites for hydroxylation is 2. The lowest BCUT2D eigenvalue weighted by atomic mass is 10.1. The average molecular weight is 311 g/mol. The monoisotopic (exact) mass is 311 g/mol. The van der Waals surface area contributed by atoms with E-state index in [4.69, 9.17) is 4.74 Å². The van der Waals surface area contributed by atoms with Crippen molar-refractivity contribution >= 4 is 5.69 Å². The van der Waals surface area contributed by atoms with Gasteiger partial charge in [-0.2, -0.15) is 0 Å². The van der Waals surface area contributed by atoms with Gasteiger partial charge in [-0.1, -0.05) is 18.2 Å². The zero-order valence-electron chi connectivity index (χ0n) is 14.4. The number of anilines is 1. The third kappa shape index (κ3) is 3.67. The number of nitrogens with zero attached hydrogens (tertiary/aromatic N) is 1. The number of piperazine rings is 1. The Morgan fingerprint density at radius 2 is 1.74 bits per heavy atom. The van der Waals surface area contributed by atoms with E-state index in [0.717, 1.165) is 25.4 Å². The molecular formula is C20H27N2O+. The maximum absolute atomic E-state index is 5.35. The summed E-state index contributed by atoms with van der Waals surface area (Å²) in [5.41, 5.74) is 5.40. The number of rotatable bonds is 4. The smallest absolute Gasteiger partial charge is 0.121 e. The molecule has 122 valence electrons. The van der Waals surface area contributed by atoms with E-state index in [9.17, 15) is 0 Å². The lowest BCUT2D eigenvalue weighted by Crippen LogP contribution is -3.13. The molecule has 0 saturated carbocycles. The first-order valence-electron chi connectivity index (χ1n) is 8.45. The fraction of sp³-hybridized carbons (Fsp3) is 0.400. The van der Waals surface area contributed by atoms with E-state index in [1.807, 2.05) is 0 Å². The Hall–Kier alpha value is -2.00. The Morgan fingerprint density at radius 3 is 2.39 bits per heavy atom. The van der Waals surface area contributed by atoms with E-state index in [1.54, 1.807) is 12.0 Å². The van der Waals surface area contributed by atoms with Gasteiger partial charge in [-0.3, -0.25) is 0 Å². The standard InChI is InChI=1S/C20H26N2O/c1-16-6-4-5-7-19(16)22-12-10-21(11-13-22)15-18-8-9-20(23-3)17(2)14-18/h4-9,14H,10-13,15H2,1-3H3/p+1. The fourth-order valence-electron chi connectivity index (χ4n) is 3.50. The van der Waals surface area contributed by atoms with Gasteiger partial charge in [-0.15, -0.1) is 0 Å². The van der Waals surface area contributed by atoms with Crippen LogP contribution in [0.4, 0.5) is 5.69 Å². The SMILES string of the molecule is COc1ccc(C[NH+]2CCN(c3ccccc3C)CC2)cc1C. The first kappa shape index (κ1) is 15.9. The van der Waals surface area contributed by atoms with E-state index in [-0.39, 0.29) is 0 Å². The molecule has 0 aliphatic carbocycles. The summed E-state index contributed by atoms with van der Waals surface area (Å²) in [5.74, 6) is 0.980. The van der Waals surface area contributed by atoms with Crippen LogP contribution in [0.15, 0.2) is 42.5 Å². The van der Waals surface area contributed by atoms with Gasteiger partial charge in [0.2, 0.25) is 0 Å². The van der Waals surface area contributed by atoms with Crippen LogP contribution in [0.3, 0.4) is 0 Å². The number of quaternary nitrogens is 1. The molecule has 2 aromatic rings. The van der Waals surface area contributed by atoms with Crippen molar-refractivity contribution in [3.05, 3.63) is 59.2 Å². The number of para-hydroxylation sites is 1. The second-order valence-electron chi connectivity index (χ2n) is 6.50. The molecule has 0 spiro atoms. The zero-order chi connectivity index (χ0) is 16.2. The highest BCUT2D eigenvalue weighted by Crippen LogP contribution is 2.20. The van der Waals surface area contributed by atoms with Crippen LogP contribution in [0, 0.1) is 13.8 Å². The van der Waals surface area contributed by atoms with Crippen LogP contribution < -0.4 is 14.5 Å². The van der Waals surface area contributed by atoms with Gasteiger partial charge in [0.25, 0.3) is 0 Å². The summed E-state index contributed by atoms with van der Waals surface area (Å²) in [6.45, 7) is 10.1. The van der Waals surface area contributed by atoms with Gasteiger partial charge in [0, 0.05) is 11.3 Å². The quantitative estimate of drug-likeness (QED) is 0.932. The summed E-state index contributed by atoms with van der Waals surface area (Å²) in [5, 5.41) is 0. The molecule has 0 unspecified atom stereocenters. The van der Waals surface area contributed by atoms with Gasteiger partial charge in [-0.05, 0) is 49.2 Å². The summed E-state index contributed by atoms with van der Waals surface area (Å²) in [6, 6.07) is 15.3. The number of hydrogen-bond acceptors (Lipinski definition) is 2. The second-order valence-corrected chi connectivity index (χ2v) is 6.50. The van der Waals surface area contributed by atoms with Crippen LogP contribution in [0.2, 0.25) is 0 Å². The van der Waals surface area contributed by atoms with Crippen molar-refractivity contribution in [1.29, 1.82) is 0 Å². The molecule has 3 nitrogen and oxygen atoms in total. The highest BCUT2D eigenvalue weighted by molar-refractivity contribution is 5.53. The Morgan fingerprint density at radius 1 is 1.00 bits per heavy atom. The third-order valence-corrected chi connectivity index (χ3v) is 4.84. The summed E-state index contributed by atoms with van der Waals surface area (Å²) in [4.78, 5) is 4.19. The maximum Gasteiger partial charge on any atom is 0.121 e. The van der Waals surface area contributed by atoms with Gasteiger partial charge < -0.3 is 14.5 Å². The van der Waals surface area contributed by atoms with Gasteiger partial charge in [-0.25, -0.2) is 0 Å². The van der Waals surface area contributed by atoms with Crippen molar-refractivity contribution in [1.82, 2.24) is 0 Å². The minimum Gasteiger partial charge on any atom is -0.496 e. The Kier molecular flexibility index (Phi) is 4.87. The van der Waals surface area contributed by atoms with Crippen LogP contribution >= 0.6 is 0 Å². The van der Waals surface area contributed by atoms with E-state index in [0.29, 0.717) is 0 Å². The van der Waals surface area contributed by atoms with Gasteiger partial charge in [0.1, 0.15) is 12.3 Å². The van der Waals surface area contributed by atoms with Crippen molar-refractivity contribution in [2.45, 2.75) is 20.4 Å². The van der Waals surface area contributed by atoms with Gasteiger partial charge in [0.15, 0.2) is 0 Å². The molecule has 23 heavy (non-hydrogen) atoms. The van der Waals surface area contributed by atoms with Gasteiger partial charge in [0.05, 0.1) is 33.3 Å². The maximum atomic E-state index is 5.35. The molecule has 0 aromatic heterocycles. The van der Waals surface area contributed by atoms with E-state index >= 15 is 0 Å². The lowest BCUT2D eigenvalue weighted by molar-refractivity contribution is -0.914. The van der Waals surface area contributed by atoms with Crippen molar-refractivity contribution < 1.29 is 9.64 Å². The fourth-order valence-corrected chi connectivity index (χ4v) is 3.50. The summed E-state index contributed by atoms with van der Waals surface area (Å²) in [6.07, 6.45) is 0. The first-order valence-corrected chi connectivity index (χ1v) is 8.45. The van der Waals surface area contributed by atoms with Crippen LogP contribution in [0.1, 0.15) is 16.7 Å². The molecule has 0 bridgehead atoms. The van der Waals surface area contributed by atoms with Crippen molar-refractivity contribution in [3.8, 4) is 5.75 Å². The first-order chi connectivity index (χ1) is 11.2.